The molecule has 0 aliphatic heterocycles. The number of aryl methyl sites for hydroxylation is 1. The highest BCUT2D eigenvalue weighted by molar-refractivity contribution is 5.77. The largest absolute Gasteiger partial charge is 0.262 e. The Morgan fingerprint density at radius 2 is 1.53 bits per heavy atom. The lowest BCUT2D eigenvalue weighted by Crippen LogP contribution is -2.68. The first-order valence-electron chi connectivity index (χ1n) is 5.53. The summed E-state index contributed by atoms with van der Waals surface area (Å²) in [6.45, 7) is 8.43. The third-order valence-electron chi connectivity index (χ3n) is 2.34. The number of para-hydroxylation sites is 1. The number of hydrogen-bond donors (Lipinski definition) is 0. The van der Waals surface area contributed by atoms with Crippen LogP contribution in [-0.2, 0) is 5.54 Å². The molecule has 1 heterocycles. The number of nitrogens with zero attached hydrogens (tertiary/aromatic N) is 1. The van der Waals surface area contributed by atoms with Gasteiger partial charge >= 0.3 is 0 Å². The van der Waals surface area contributed by atoms with Gasteiger partial charge in [0.15, 0.2) is 5.76 Å². The molecule has 0 amide bonds. The number of fused-ring (bicyclic) bond motifs is 1. The van der Waals surface area contributed by atoms with Crippen molar-refractivity contribution in [3.05, 3.63) is 30.0 Å². The van der Waals surface area contributed by atoms with Crippen LogP contribution in [0.1, 0.15) is 26.5 Å². The van der Waals surface area contributed by atoms with Crippen LogP contribution >= 0.6 is 0 Å². The molecule has 0 saturated heterocycles. The second-order valence-corrected chi connectivity index (χ2v) is 5.76. The summed E-state index contributed by atoms with van der Waals surface area (Å²) in [4.78, 5) is 0. The molecule has 0 atom stereocenters. The van der Waals surface area contributed by atoms with Gasteiger partial charge in [0, 0.05) is 33.8 Å². The molecule has 2 rings (SSSR count). The van der Waals surface area contributed by atoms with Gasteiger partial charge in [-0.25, -0.2) is 23.2 Å². The lowest BCUT2D eigenvalue weighted by atomic mass is 10.1. The van der Waals surface area contributed by atoms with Crippen LogP contribution in [0.4, 0.5) is 0 Å². The van der Waals surface area contributed by atoms with Crippen LogP contribution in [0.2, 0.25) is 0 Å². The van der Waals surface area contributed by atoms with Gasteiger partial charge in [-0.15, -0.1) is 10.2 Å². The summed E-state index contributed by atoms with van der Waals surface area (Å²) in [5.41, 5.74) is 1.16. The van der Waals surface area contributed by atoms with E-state index in [4.69, 9.17) is 23.2 Å². The van der Waals surface area contributed by atoms with Crippen molar-refractivity contribution in [1.82, 2.24) is 0 Å². The zero-order valence-corrected chi connectivity index (χ0v) is 11.9. The van der Waals surface area contributed by atoms with E-state index in [1.165, 1.54) is 5.39 Å². The molecule has 0 aliphatic rings. The maximum atomic E-state index is 8.49. The van der Waals surface area contributed by atoms with Gasteiger partial charge in [0.25, 0.3) is 5.52 Å². The van der Waals surface area contributed by atoms with Crippen molar-refractivity contribution in [2.45, 2.75) is 33.2 Å². The average Bonchev–Trinajstić information content (AvgIpc) is 2.54. The molecule has 0 radical (unpaired) electrons. The molecule has 0 saturated carbocycles. The van der Waals surface area contributed by atoms with Gasteiger partial charge in [-0.05, 0) is 10.8 Å². The van der Waals surface area contributed by atoms with Crippen molar-refractivity contribution < 1.29 is 38.1 Å². The van der Waals surface area contributed by atoms with Gasteiger partial charge in [0.1, 0.15) is 0 Å². The molecule has 19 heavy (non-hydrogen) atoms. The Balaban J connectivity index is 0.000000312. The zero-order chi connectivity index (χ0) is 14.8. The van der Waals surface area contributed by atoms with E-state index in [0.717, 1.165) is 11.3 Å². The molecule has 1 aromatic heterocycles. The molecule has 106 valence electrons. The second-order valence-electron chi connectivity index (χ2n) is 5.01. The SMILES string of the molecule is Cc1o[n+](C(C)(C)C)c2ccccc12.[O-][Cl+3]([O-])([O-])[O-]. The normalized spacial score (nSPS) is 12.2. The molecule has 0 aliphatic carbocycles. The van der Waals surface area contributed by atoms with Crippen molar-refractivity contribution in [2.24, 2.45) is 0 Å². The average molecular weight is 290 g/mol. The summed E-state index contributed by atoms with van der Waals surface area (Å²) in [5.74, 6) is 0.982. The molecule has 0 bridgehead atoms. The van der Waals surface area contributed by atoms with Gasteiger partial charge in [0.05, 0.1) is 5.39 Å². The van der Waals surface area contributed by atoms with E-state index in [0.29, 0.717) is 0 Å². The highest BCUT2D eigenvalue weighted by atomic mass is 35.7. The first-order chi connectivity index (χ1) is 8.50. The smallest absolute Gasteiger partial charge is 0.240 e. The van der Waals surface area contributed by atoms with E-state index >= 15 is 0 Å². The first-order valence-corrected chi connectivity index (χ1v) is 6.76. The summed E-state index contributed by atoms with van der Waals surface area (Å²) in [6.07, 6.45) is 0. The van der Waals surface area contributed by atoms with Crippen LogP contribution in [-0.4, -0.2) is 0 Å². The molecule has 0 unspecified atom stereocenters. The summed E-state index contributed by atoms with van der Waals surface area (Å²) >= 11 is 0. The molecule has 2 aromatic rings. The van der Waals surface area contributed by atoms with Crippen molar-refractivity contribution in [1.29, 1.82) is 0 Å². The Labute approximate surface area is 113 Å². The highest BCUT2D eigenvalue weighted by Gasteiger charge is 2.30. The lowest BCUT2D eigenvalue weighted by molar-refractivity contribution is -2.00. The van der Waals surface area contributed by atoms with Crippen LogP contribution in [0, 0.1) is 17.2 Å². The number of halogens is 1. The monoisotopic (exact) mass is 289 g/mol. The molecular formula is C12H16ClNO5. The van der Waals surface area contributed by atoms with E-state index < -0.39 is 10.2 Å². The van der Waals surface area contributed by atoms with Crippen LogP contribution in [0.3, 0.4) is 0 Å². The van der Waals surface area contributed by atoms with Gasteiger partial charge in [-0.2, -0.15) is 0 Å². The Kier molecular flexibility index (Phi) is 4.54. The molecule has 6 nitrogen and oxygen atoms in total. The minimum atomic E-state index is -4.94. The topological polar surface area (TPSA) is 109 Å². The van der Waals surface area contributed by atoms with Gasteiger partial charge in [-0.1, -0.05) is 12.1 Å². The van der Waals surface area contributed by atoms with Gasteiger partial charge in [0.2, 0.25) is 5.54 Å². The molecular weight excluding hydrogens is 274 g/mol. The summed E-state index contributed by atoms with van der Waals surface area (Å²) in [7, 11) is -4.94. The van der Waals surface area contributed by atoms with Crippen molar-refractivity contribution in [3.8, 4) is 0 Å². The maximum absolute atomic E-state index is 8.49. The molecule has 1 aromatic carbocycles. The Hall–Kier alpha value is -1.18. The second kappa shape index (κ2) is 5.44. The first kappa shape index (κ1) is 15.9. The summed E-state index contributed by atoms with van der Waals surface area (Å²) in [5, 5.41) is 1.20. The Morgan fingerprint density at radius 1 is 1.05 bits per heavy atom. The number of hydrogen-bond acceptors (Lipinski definition) is 5. The summed E-state index contributed by atoms with van der Waals surface area (Å²) in [6, 6.07) is 8.27. The molecule has 0 spiro atoms. The van der Waals surface area contributed by atoms with Crippen molar-refractivity contribution in [2.75, 3.05) is 0 Å². The minimum absolute atomic E-state index is 0.00609. The molecule has 0 N–H and O–H groups in total. The maximum Gasteiger partial charge on any atom is 0.262 e. The zero-order valence-electron chi connectivity index (χ0n) is 11.2. The fraction of sp³-hybridized carbons (Fsp3) is 0.417. The predicted octanol–water partition coefficient (Wildman–Crippen LogP) is -1.97. The number of rotatable bonds is 0. The van der Waals surface area contributed by atoms with Crippen LogP contribution in [0.5, 0.6) is 0 Å². The van der Waals surface area contributed by atoms with E-state index in [1.54, 1.807) is 0 Å². The van der Waals surface area contributed by atoms with E-state index in [1.807, 2.05) is 23.8 Å². The quantitative estimate of drug-likeness (QED) is 0.522. The van der Waals surface area contributed by atoms with Gasteiger partial charge < -0.3 is 0 Å². The predicted molar refractivity (Wildman–Crippen MR) is 56.1 cm³/mol. The Bertz CT molecular complexity index is 547. The van der Waals surface area contributed by atoms with Crippen molar-refractivity contribution in [3.63, 3.8) is 0 Å². The molecule has 0 fully saturated rings. The molecule has 7 heteroatoms. The van der Waals surface area contributed by atoms with Gasteiger partial charge in [-0.3, -0.25) is 0 Å². The van der Waals surface area contributed by atoms with Crippen LogP contribution in [0.25, 0.3) is 10.9 Å². The fourth-order valence-electron chi connectivity index (χ4n) is 1.68. The van der Waals surface area contributed by atoms with Crippen LogP contribution in [0.15, 0.2) is 28.8 Å². The standard InChI is InChI=1S/C12H16NO.ClHO4/c1-9-10-7-5-6-8-11(10)13(14-9)12(2,3)4;2-1(3,4)5/h5-8H,1-4H3;(H,2,3,4,5)/q+1;/p-1. The van der Waals surface area contributed by atoms with E-state index in [9.17, 15) is 0 Å². The highest BCUT2D eigenvalue weighted by Crippen LogP contribution is 2.18. The van der Waals surface area contributed by atoms with E-state index in [-0.39, 0.29) is 5.54 Å². The van der Waals surface area contributed by atoms with Crippen LogP contribution < -0.4 is 23.4 Å². The summed E-state index contributed by atoms with van der Waals surface area (Å²) < 4.78 is 41.7. The number of benzene rings is 1. The lowest BCUT2D eigenvalue weighted by Gasteiger charge is -2.17. The Morgan fingerprint density at radius 3 is 2.00 bits per heavy atom. The minimum Gasteiger partial charge on any atom is -0.240 e. The van der Waals surface area contributed by atoms with E-state index in [2.05, 4.69) is 32.9 Å². The fourth-order valence-corrected chi connectivity index (χ4v) is 1.68. The third kappa shape index (κ3) is 4.77. The third-order valence-corrected chi connectivity index (χ3v) is 2.34. The van der Waals surface area contributed by atoms with Crippen molar-refractivity contribution >= 4 is 10.9 Å². The number of aromatic nitrogens is 1.